The zero-order chi connectivity index (χ0) is 52.8. The Morgan fingerprint density at radius 3 is 0.886 bits per heavy atom. The first-order valence-electron chi connectivity index (χ1n) is 28.0. The molecule has 0 spiro atoms. The summed E-state index contributed by atoms with van der Waals surface area (Å²) in [5.74, 6) is 0. The van der Waals surface area contributed by atoms with E-state index in [4.69, 9.17) is 8.83 Å². The summed E-state index contributed by atoms with van der Waals surface area (Å²) in [4.78, 5) is 0. The molecule has 0 amide bonds. The zero-order valence-corrected chi connectivity index (χ0v) is 45.1. The standard InChI is InChI=1S/C77H54O2/c1-75(2)63-41-61-65(76(3,4)67-37-57(47-25-13-15-27-49(47)69(61)67)55-35-19-33-53-51-31-17-29-45(71(51)78-73(53)55)43-21-9-7-10-22-43)39-59(63)60-40-66-62(42-64(60)75)70-50-28-16-14-26-48(50)58(38-68(70)77(66,5)6)56-36-20-34-54-52-32-18-30-46(72(52)79-74(54)56)44-23-11-8-12-24-44/h7-42H,1-6H3. The second-order valence-corrected chi connectivity index (χ2v) is 24.2. The van der Waals surface area contributed by atoms with Crippen LogP contribution in [-0.2, 0) is 16.2 Å². The average Bonchev–Trinajstić information content (AvgIpc) is 2.89. The molecule has 0 aliphatic heterocycles. The Labute approximate surface area is 459 Å². The van der Waals surface area contributed by atoms with Crippen molar-refractivity contribution in [2.24, 2.45) is 0 Å². The summed E-state index contributed by atoms with van der Waals surface area (Å²) in [6, 6.07) is 81.2. The molecule has 17 rings (SSSR count). The van der Waals surface area contributed by atoms with Crippen LogP contribution in [0, 0.1) is 0 Å². The molecule has 2 heterocycles. The highest BCUT2D eigenvalue weighted by Crippen LogP contribution is 2.62. The molecule has 12 aromatic carbocycles. The lowest BCUT2D eigenvalue weighted by Gasteiger charge is -2.25. The Bertz CT molecular complexity index is 4700. The van der Waals surface area contributed by atoms with Gasteiger partial charge in [0.2, 0.25) is 0 Å². The number of rotatable bonds is 4. The van der Waals surface area contributed by atoms with Gasteiger partial charge in [0.05, 0.1) is 0 Å². The van der Waals surface area contributed by atoms with Crippen LogP contribution >= 0.6 is 0 Å². The molecule has 0 saturated heterocycles. The molecule has 0 atom stereocenters. The maximum atomic E-state index is 7.07. The van der Waals surface area contributed by atoms with Crippen molar-refractivity contribution in [1.82, 2.24) is 0 Å². The SMILES string of the molecule is CC1(C)c2cc3c(cc2-c2cc4c(cc21)-c1c(cc(-c2cccc5c2oc2c(-c6ccccc6)cccc25)c2ccccc12)C4(C)C)C(C)(C)c1cc(-c2cccc4c2oc2c(-c5ccccc5)cccc24)c2ccccc2c1-3. The van der Waals surface area contributed by atoms with E-state index in [-0.39, 0.29) is 16.2 Å². The number of hydrogen-bond acceptors (Lipinski definition) is 2. The molecule has 79 heavy (non-hydrogen) atoms. The van der Waals surface area contributed by atoms with Crippen molar-refractivity contribution >= 4 is 65.4 Å². The highest BCUT2D eigenvalue weighted by Gasteiger charge is 2.46. The van der Waals surface area contributed by atoms with Crippen molar-refractivity contribution in [2.45, 2.75) is 57.8 Å². The molecule has 14 aromatic rings. The van der Waals surface area contributed by atoms with Crippen molar-refractivity contribution < 1.29 is 8.83 Å². The third kappa shape index (κ3) is 5.86. The number of para-hydroxylation sites is 4. The molecule has 0 N–H and O–H groups in total. The molecule has 374 valence electrons. The second kappa shape index (κ2) is 15.5. The molecule has 0 fully saturated rings. The van der Waals surface area contributed by atoms with E-state index >= 15 is 0 Å². The van der Waals surface area contributed by atoms with E-state index in [2.05, 4.69) is 260 Å². The Morgan fingerprint density at radius 1 is 0.215 bits per heavy atom. The number of fused-ring (bicyclic) bond motifs is 19. The minimum absolute atomic E-state index is 0.245. The van der Waals surface area contributed by atoms with Crippen LogP contribution in [0.3, 0.4) is 0 Å². The summed E-state index contributed by atoms with van der Waals surface area (Å²) in [5.41, 5.74) is 28.5. The van der Waals surface area contributed by atoms with Crippen LogP contribution in [0.15, 0.2) is 227 Å². The Balaban J connectivity index is 0.814. The lowest BCUT2D eigenvalue weighted by molar-refractivity contribution is 0.649. The lowest BCUT2D eigenvalue weighted by Crippen LogP contribution is -2.17. The van der Waals surface area contributed by atoms with E-state index in [9.17, 15) is 0 Å². The van der Waals surface area contributed by atoms with Crippen molar-refractivity contribution in [3.63, 3.8) is 0 Å². The highest BCUT2D eigenvalue weighted by atomic mass is 16.3. The zero-order valence-electron chi connectivity index (χ0n) is 45.1. The Hall–Kier alpha value is -9.24. The van der Waals surface area contributed by atoms with Gasteiger partial charge in [-0.2, -0.15) is 0 Å². The summed E-state index contributed by atoms with van der Waals surface area (Å²) < 4.78 is 14.1. The number of hydrogen-bond donors (Lipinski definition) is 0. The van der Waals surface area contributed by atoms with Crippen molar-refractivity contribution in [2.75, 3.05) is 0 Å². The molecule has 0 unspecified atom stereocenters. The van der Waals surface area contributed by atoms with Crippen molar-refractivity contribution in [3.8, 4) is 77.9 Å². The van der Waals surface area contributed by atoms with E-state index in [1.54, 1.807) is 0 Å². The van der Waals surface area contributed by atoms with Crippen LogP contribution in [0.4, 0.5) is 0 Å². The molecule has 0 saturated carbocycles. The van der Waals surface area contributed by atoms with Gasteiger partial charge in [-0.1, -0.05) is 224 Å². The van der Waals surface area contributed by atoms with Gasteiger partial charge in [-0.15, -0.1) is 0 Å². The fraction of sp³-hybridized carbons (Fsp3) is 0.117. The van der Waals surface area contributed by atoms with Gasteiger partial charge >= 0.3 is 0 Å². The first-order chi connectivity index (χ1) is 38.5. The molecule has 3 aliphatic rings. The average molecular weight is 1010 g/mol. The summed E-state index contributed by atoms with van der Waals surface area (Å²) in [5, 5.41) is 9.60. The van der Waals surface area contributed by atoms with Gasteiger partial charge in [0.1, 0.15) is 22.3 Å². The van der Waals surface area contributed by atoms with Gasteiger partial charge < -0.3 is 8.83 Å². The summed E-state index contributed by atoms with van der Waals surface area (Å²) >= 11 is 0. The van der Waals surface area contributed by atoms with Crippen LogP contribution in [0.1, 0.15) is 74.9 Å². The molecule has 2 aromatic heterocycles. The molecular weight excluding hydrogens is 957 g/mol. The summed E-state index contributed by atoms with van der Waals surface area (Å²) in [6.45, 7) is 14.7. The van der Waals surface area contributed by atoms with Crippen molar-refractivity contribution in [3.05, 3.63) is 252 Å². The molecule has 2 heteroatoms. The highest BCUT2D eigenvalue weighted by molar-refractivity contribution is 6.19. The molecular formula is C77H54O2. The first kappa shape index (κ1) is 44.8. The number of benzene rings is 12. The quantitative estimate of drug-likeness (QED) is 0.176. The van der Waals surface area contributed by atoms with Crippen LogP contribution in [-0.4, -0.2) is 0 Å². The maximum absolute atomic E-state index is 7.07. The van der Waals surface area contributed by atoms with Crippen molar-refractivity contribution in [1.29, 1.82) is 0 Å². The molecule has 0 bridgehead atoms. The first-order valence-corrected chi connectivity index (χ1v) is 28.0. The largest absolute Gasteiger partial charge is 0.455 e. The van der Waals surface area contributed by atoms with Gasteiger partial charge in [0, 0.05) is 60.0 Å². The van der Waals surface area contributed by atoms with Gasteiger partial charge in [-0.3, -0.25) is 0 Å². The Kier molecular flexibility index (Phi) is 8.79. The number of furan rings is 2. The molecule has 2 nitrogen and oxygen atoms in total. The smallest absolute Gasteiger partial charge is 0.143 e. The minimum Gasteiger partial charge on any atom is -0.455 e. The van der Waals surface area contributed by atoms with Gasteiger partial charge in [0.15, 0.2) is 0 Å². The van der Waals surface area contributed by atoms with E-state index in [0.29, 0.717) is 0 Å². The van der Waals surface area contributed by atoms with E-state index < -0.39 is 0 Å². The van der Waals surface area contributed by atoms with Crippen LogP contribution in [0.5, 0.6) is 0 Å². The fourth-order valence-electron chi connectivity index (χ4n) is 15.1. The van der Waals surface area contributed by atoms with Crippen LogP contribution in [0.25, 0.3) is 143 Å². The minimum atomic E-state index is -0.277. The third-order valence-corrected chi connectivity index (χ3v) is 19.1. The summed E-state index contributed by atoms with van der Waals surface area (Å²) in [7, 11) is 0. The van der Waals surface area contributed by atoms with Crippen LogP contribution < -0.4 is 0 Å². The van der Waals surface area contributed by atoms with E-state index in [1.165, 1.54) is 99.4 Å². The lowest BCUT2D eigenvalue weighted by atomic mass is 9.78. The maximum Gasteiger partial charge on any atom is 0.143 e. The van der Waals surface area contributed by atoms with Gasteiger partial charge in [-0.05, 0) is 147 Å². The predicted octanol–water partition coefficient (Wildman–Crippen LogP) is 21.4. The molecule has 0 radical (unpaired) electrons. The summed E-state index contributed by atoms with van der Waals surface area (Å²) in [6.07, 6.45) is 0. The van der Waals surface area contributed by atoms with Crippen LogP contribution in [0.2, 0.25) is 0 Å². The monoisotopic (exact) mass is 1010 g/mol. The third-order valence-electron chi connectivity index (χ3n) is 19.1. The van der Waals surface area contributed by atoms with E-state index in [1.807, 2.05) is 0 Å². The molecule has 3 aliphatic carbocycles. The van der Waals surface area contributed by atoms with E-state index in [0.717, 1.165) is 77.3 Å². The topological polar surface area (TPSA) is 26.3 Å². The second-order valence-electron chi connectivity index (χ2n) is 24.2. The Morgan fingerprint density at radius 2 is 0.494 bits per heavy atom. The normalized spacial score (nSPS) is 15.0. The predicted molar refractivity (Wildman–Crippen MR) is 330 cm³/mol. The fourth-order valence-corrected chi connectivity index (χ4v) is 15.1. The van der Waals surface area contributed by atoms with Gasteiger partial charge in [-0.25, -0.2) is 0 Å². The van der Waals surface area contributed by atoms with Gasteiger partial charge in [0.25, 0.3) is 0 Å².